The van der Waals surface area contributed by atoms with Gasteiger partial charge in [-0.15, -0.1) is 11.3 Å². The highest BCUT2D eigenvalue weighted by atomic mass is 32.1. The summed E-state index contributed by atoms with van der Waals surface area (Å²) in [5, 5.41) is 1.71. The van der Waals surface area contributed by atoms with Crippen molar-refractivity contribution in [1.82, 2.24) is 9.88 Å². The third-order valence-corrected chi connectivity index (χ3v) is 3.90. The molecule has 0 N–H and O–H groups in total. The normalized spacial score (nSPS) is 16.8. The second-order valence-corrected chi connectivity index (χ2v) is 5.09. The number of nitrogens with zero attached hydrogens (tertiary/aromatic N) is 2. The first-order valence-electron chi connectivity index (χ1n) is 5.94. The average Bonchev–Trinajstić information content (AvgIpc) is 2.84. The number of ether oxygens (including phenoxy) is 1. The Kier molecular flexibility index (Phi) is 3.96. The van der Waals surface area contributed by atoms with Gasteiger partial charge in [-0.2, -0.15) is 0 Å². The third-order valence-electron chi connectivity index (χ3n) is 3.31. The van der Waals surface area contributed by atoms with Gasteiger partial charge in [-0.1, -0.05) is 0 Å². The monoisotopic (exact) mass is 268 g/mol. The topological polar surface area (TPSA) is 59.5 Å². The number of carbonyl (C=O) groups excluding carboxylic acids is 2. The van der Waals surface area contributed by atoms with Crippen molar-refractivity contribution in [2.45, 2.75) is 38.3 Å². The van der Waals surface area contributed by atoms with E-state index in [9.17, 15) is 9.59 Å². The zero-order valence-corrected chi connectivity index (χ0v) is 11.3. The summed E-state index contributed by atoms with van der Waals surface area (Å²) in [6.45, 7) is 1.70. The Hall–Kier alpha value is -1.43. The van der Waals surface area contributed by atoms with E-state index in [0.29, 0.717) is 5.69 Å². The van der Waals surface area contributed by atoms with Crippen LogP contribution in [0.4, 0.5) is 0 Å². The second kappa shape index (κ2) is 5.48. The molecule has 0 saturated heterocycles. The first-order chi connectivity index (χ1) is 8.65. The van der Waals surface area contributed by atoms with Gasteiger partial charge in [0.25, 0.3) is 5.91 Å². The molecular weight excluding hydrogens is 252 g/mol. The maximum atomic E-state index is 12.4. The van der Waals surface area contributed by atoms with Gasteiger partial charge in [0.05, 0.1) is 12.6 Å². The molecule has 1 fully saturated rings. The lowest BCUT2D eigenvalue weighted by atomic mass is 9.90. The molecule has 1 saturated carbocycles. The lowest BCUT2D eigenvalue weighted by molar-refractivity contribution is -0.146. The Morgan fingerprint density at radius 1 is 1.56 bits per heavy atom. The molecule has 1 aromatic rings. The van der Waals surface area contributed by atoms with Crippen molar-refractivity contribution < 1.29 is 14.3 Å². The van der Waals surface area contributed by atoms with E-state index >= 15 is 0 Å². The van der Waals surface area contributed by atoms with Gasteiger partial charge >= 0.3 is 5.97 Å². The fourth-order valence-electron chi connectivity index (χ4n) is 2.06. The van der Waals surface area contributed by atoms with E-state index in [1.54, 1.807) is 22.7 Å². The molecule has 18 heavy (non-hydrogen) atoms. The van der Waals surface area contributed by atoms with Crippen molar-refractivity contribution in [3.05, 3.63) is 16.6 Å². The summed E-state index contributed by atoms with van der Waals surface area (Å²) < 4.78 is 4.73. The van der Waals surface area contributed by atoms with E-state index in [1.807, 2.05) is 0 Å². The van der Waals surface area contributed by atoms with Gasteiger partial charge in [0, 0.05) is 11.4 Å². The number of carbonyl (C=O) groups is 2. The Balaban J connectivity index is 2.19. The van der Waals surface area contributed by atoms with Crippen LogP contribution >= 0.6 is 11.3 Å². The Labute approximate surface area is 110 Å². The SMILES string of the molecule is COC(=O)C(C)N(C(=O)c1cscn1)C1CCC1. The molecule has 98 valence electrons. The summed E-state index contributed by atoms with van der Waals surface area (Å²) in [6.07, 6.45) is 2.98. The summed E-state index contributed by atoms with van der Waals surface area (Å²) in [7, 11) is 1.34. The van der Waals surface area contributed by atoms with Gasteiger partial charge < -0.3 is 9.64 Å². The molecule has 0 aromatic carbocycles. The lowest BCUT2D eigenvalue weighted by Crippen LogP contribution is -2.52. The molecule has 1 atom stereocenters. The molecule has 1 amide bonds. The largest absolute Gasteiger partial charge is 0.467 e. The van der Waals surface area contributed by atoms with Crippen molar-refractivity contribution in [2.24, 2.45) is 0 Å². The number of esters is 1. The average molecular weight is 268 g/mol. The van der Waals surface area contributed by atoms with Gasteiger partial charge in [0.1, 0.15) is 11.7 Å². The summed E-state index contributed by atoms with van der Waals surface area (Å²) in [5.41, 5.74) is 2.03. The van der Waals surface area contributed by atoms with Gasteiger partial charge in [0.15, 0.2) is 0 Å². The van der Waals surface area contributed by atoms with Gasteiger partial charge in [-0.25, -0.2) is 9.78 Å². The number of aromatic nitrogens is 1. The van der Waals surface area contributed by atoms with Gasteiger partial charge in [-0.3, -0.25) is 4.79 Å². The van der Waals surface area contributed by atoms with Crippen molar-refractivity contribution in [3.8, 4) is 0 Å². The molecular formula is C12H16N2O3S. The quantitative estimate of drug-likeness (QED) is 0.780. The fourth-order valence-corrected chi connectivity index (χ4v) is 2.58. The predicted octanol–water partition coefficient (Wildman–Crippen LogP) is 1.70. The summed E-state index contributed by atoms with van der Waals surface area (Å²) in [5.74, 6) is -0.565. The number of amides is 1. The minimum atomic E-state index is -0.561. The second-order valence-electron chi connectivity index (χ2n) is 4.37. The van der Waals surface area contributed by atoms with E-state index in [-0.39, 0.29) is 17.9 Å². The molecule has 1 aliphatic carbocycles. The summed E-state index contributed by atoms with van der Waals surface area (Å²) >= 11 is 1.37. The van der Waals surface area contributed by atoms with E-state index in [4.69, 9.17) is 4.74 Å². The molecule has 0 aliphatic heterocycles. The van der Waals surface area contributed by atoms with Crippen LogP contribution in [0.15, 0.2) is 10.9 Å². The number of rotatable bonds is 4. The highest BCUT2D eigenvalue weighted by Gasteiger charge is 2.36. The molecule has 6 heteroatoms. The van der Waals surface area contributed by atoms with Gasteiger partial charge in [0.2, 0.25) is 0 Å². The van der Waals surface area contributed by atoms with Crippen LogP contribution in [0.5, 0.6) is 0 Å². The molecule has 5 nitrogen and oxygen atoms in total. The Morgan fingerprint density at radius 3 is 2.72 bits per heavy atom. The van der Waals surface area contributed by atoms with E-state index in [1.165, 1.54) is 18.4 Å². The van der Waals surface area contributed by atoms with E-state index < -0.39 is 6.04 Å². The molecule has 0 spiro atoms. The van der Waals surface area contributed by atoms with Crippen molar-refractivity contribution in [1.29, 1.82) is 0 Å². The van der Waals surface area contributed by atoms with Crippen molar-refractivity contribution in [3.63, 3.8) is 0 Å². The van der Waals surface area contributed by atoms with E-state index in [0.717, 1.165) is 19.3 Å². The number of thiazole rings is 1. The van der Waals surface area contributed by atoms with Crippen LogP contribution in [0.25, 0.3) is 0 Å². The zero-order valence-electron chi connectivity index (χ0n) is 10.5. The smallest absolute Gasteiger partial charge is 0.328 e. The van der Waals surface area contributed by atoms with Crippen LogP contribution in [-0.4, -0.2) is 41.0 Å². The van der Waals surface area contributed by atoms with Crippen LogP contribution in [-0.2, 0) is 9.53 Å². The zero-order chi connectivity index (χ0) is 13.1. The van der Waals surface area contributed by atoms with Crippen LogP contribution < -0.4 is 0 Å². The minimum Gasteiger partial charge on any atom is -0.467 e. The lowest BCUT2D eigenvalue weighted by Gasteiger charge is -2.39. The number of methoxy groups -OCH3 is 1. The highest BCUT2D eigenvalue weighted by molar-refractivity contribution is 7.07. The Bertz CT molecular complexity index is 429. The number of hydrogen-bond donors (Lipinski definition) is 0. The predicted molar refractivity (Wildman–Crippen MR) is 67.4 cm³/mol. The molecule has 0 radical (unpaired) electrons. The summed E-state index contributed by atoms with van der Waals surface area (Å²) in [6, 6.07) is -0.428. The molecule has 0 bridgehead atoms. The molecule has 1 aliphatic rings. The van der Waals surface area contributed by atoms with Crippen LogP contribution in [0, 0.1) is 0 Å². The van der Waals surface area contributed by atoms with Crippen molar-refractivity contribution in [2.75, 3.05) is 7.11 Å². The molecule has 1 unspecified atom stereocenters. The van der Waals surface area contributed by atoms with Crippen LogP contribution in [0.2, 0.25) is 0 Å². The highest BCUT2D eigenvalue weighted by Crippen LogP contribution is 2.28. The summed E-state index contributed by atoms with van der Waals surface area (Å²) in [4.78, 5) is 29.6. The standard InChI is InChI=1S/C12H16N2O3S/c1-8(12(16)17-2)14(9-4-3-5-9)11(15)10-6-18-7-13-10/h6-9H,3-5H2,1-2H3. The first kappa shape index (κ1) is 13.0. The van der Waals surface area contributed by atoms with Crippen LogP contribution in [0.3, 0.4) is 0 Å². The van der Waals surface area contributed by atoms with Crippen molar-refractivity contribution >= 4 is 23.2 Å². The molecule has 2 rings (SSSR count). The Morgan fingerprint density at radius 2 is 2.28 bits per heavy atom. The molecule has 1 heterocycles. The fraction of sp³-hybridized carbons (Fsp3) is 0.583. The third kappa shape index (κ3) is 2.38. The minimum absolute atomic E-state index is 0.133. The first-order valence-corrected chi connectivity index (χ1v) is 6.88. The van der Waals surface area contributed by atoms with Crippen LogP contribution in [0.1, 0.15) is 36.7 Å². The van der Waals surface area contributed by atoms with E-state index in [2.05, 4.69) is 4.98 Å². The molecule has 1 aromatic heterocycles. The maximum absolute atomic E-state index is 12.4. The number of hydrogen-bond acceptors (Lipinski definition) is 5. The maximum Gasteiger partial charge on any atom is 0.328 e. The van der Waals surface area contributed by atoms with Gasteiger partial charge in [-0.05, 0) is 26.2 Å².